The standard InChI is InChI=1S/C24H34N2O2/c1-18(22(25)17-20-13-9-6-10-14-20)15-21(16-19-11-7-5-8-12-19)26-23(27)28-24(2,3)4/h5-14,18,21-22H,15-17,25H2,1-4H3,(H,26,27)/t18-,21+,22-/m0/s1. The lowest BCUT2D eigenvalue weighted by molar-refractivity contribution is 0.0496. The van der Waals surface area contributed by atoms with Gasteiger partial charge in [-0.05, 0) is 57.1 Å². The highest BCUT2D eigenvalue weighted by molar-refractivity contribution is 5.68. The molecule has 0 heterocycles. The zero-order valence-electron chi connectivity index (χ0n) is 17.5. The van der Waals surface area contributed by atoms with E-state index in [1.54, 1.807) is 0 Å². The molecule has 2 aromatic rings. The number of nitrogens with two attached hydrogens (primary N) is 1. The van der Waals surface area contributed by atoms with Gasteiger partial charge in [-0.1, -0.05) is 67.6 Å². The van der Waals surface area contributed by atoms with Crippen molar-refractivity contribution >= 4 is 6.09 Å². The molecule has 4 nitrogen and oxygen atoms in total. The van der Waals surface area contributed by atoms with Crippen molar-refractivity contribution in [2.45, 2.75) is 64.6 Å². The van der Waals surface area contributed by atoms with Crippen molar-refractivity contribution in [3.63, 3.8) is 0 Å². The number of hydrogen-bond acceptors (Lipinski definition) is 3. The van der Waals surface area contributed by atoms with E-state index in [1.165, 1.54) is 11.1 Å². The Morgan fingerprint density at radius 1 is 0.964 bits per heavy atom. The smallest absolute Gasteiger partial charge is 0.407 e. The van der Waals surface area contributed by atoms with E-state index >= 15 is 0 Å². The Balaban J connectivity index is 2.01. The molecule has 28 heavy (non-hydrogen) atoms. The summed E-state index contributed by atoms with van der Waals surface area (Å²) < 4.78 is 5.46. The van der Waals surface area contributed by atoms with Crippen LogP contribution >= 0.6 is 0 Å². The summed E-state index contributed by atoms with van der Waals surface area (Å²) in [6, 6.07) is 20.5. The van der Waals surface area contributed by atoms with E-state index in [4.69, 9.17) is 10.5 Å². The summed E-state index contributed by atoms with van der Waals surface area (Å²) in [5.41, 5.74) is 8.39. The largest absolute Gasteiger partial charge is 0.444 e. The van der Waals surface area contributed by atoms with Crippen LogP contribution in [-0.4, -0.2) is 23.8 Å². The highest BCUT2D eigenvalue weighted by Gasteiger charge is 2.23. The van der Waals surface area contributed by atoms with Crippen LogP contribution in [0.4, 0.5) is 4.79 Å². The highest BCUT2D eigenvalue weighted by Crippen LogP contribution is 2.18. The minimum absolute atomic E-state index is 0.0288. The monoisotopic (exact) mass is 382 g/mol. The number of amides is 1. The van der Waals surface area contributed by atoms with Gasteiger partial charge in [-0.3, -0.25) is 0 Å². The van der Waals surface area contributed by atoms with Crippen molar-refractivity contribution < 1.29 is 9.53 Å². The predicted octanol–water partition coefficient (Wildman–Crippen LogP) is 4.72. The second-order valence-electron chi connectivity index (χ2n) is 8.60. The van der Waals surface area contributed by atoms with E-state index in [1.807, 2.05) is 57.2 Å². The molecule has 0 aliphatic heterocycles. The first-order valence-electron chi connectivity index (χ1n) is 10.1. The number of nitrogens with one attached hydrogen (secondary N) is 1. The summed E-state index contributed by atoms with van der Waals surface area (Å²) in [5, 5.41) is 3.05. The lowest BCUT2D eigenvalue weighted by Gasteiger charge is -2.28. The van der Waals surface area contributed by atoms with Gasteiger partial charge in [-0.2, -0.15) is 0 Å². The fraction of sp³-hybridized carbons (Fsp3) is 0.458. The molecule has 152 valence electrons. The van der Waals surface area contributed by atoms with E-state index in [0.29, 0.717) is 0 Å². The van der Waals surface area contributed by atoms with Crippen LogP contribution in [0.25, 0.3) is 0 Å². The third-order valence-electron chi connectivity index (χ3n) is 4.75. The molecular weight excluding hydrogens is 348 g/mol. The molecule has 0 aliphatic carbocycles. The van der Waals surface area contributed by atoms with Gasteiger partial charge in [0.05, 0.1) is 0 Å². The summed E-state index contributed by atoms with van der Waals surface area (Å²) >= 11 is 0. The summed E-state index contributed by atoms with van der Waals surface area (Å²) in [6.45, 7) is 7.77. The minimum atomic E-state index is -0.517. The Hall–Kier alpha value is -2.33. The molecule has 0 aromatic heterocycles. The van der Waals surface area contributed by atoms with Crippen molar-refractivity contribution in [2.75, 3.05) is 0 Å². The second kappa shape index (κ2) is 10.3. The maximum Gasteiger partial charge on any atom is 0.407 e. The molecule has 2 aromatic carbocycles. The molecular formula is C24H34N2O2. The first-order valence-corrected chi connectivity index (χ1v) is 10.1. The van der Waals surface area contributed by atoms with Gasteiger partial charge in [0, 0.05) is 12.1 Å². The van der Waals surface area contributed by atoms with Gasteiger partial charge in [0.25, 0.3) is 0 Å². The van der Waals surface area contributed by atoms with Gasteiger partial charge < -0.3 is 15.8 Å². The summed E-state index contributed by atoms with van der Waals surface area (Å²) in [4.78, 5) is 12.3. The Labute approximate surface area is 169 Å². The molecule has 0 radical (unpaired) electrons. The number of ether oxygens (including phenoxy) is 1. The Bertz CT molecular complexity index is 710. The van der Waals surface area contributed by atoms with E-state index in [0.717, 1.165) is 19.3 Å². The fourth-order valence-electron chi connectivity index (χ4n) is 3.28. The Morgan fingerprint density at radius 3 is 1.96 bits per heavy atom. The topological polar surface area (TPSA) is 64.3 Å². The van der Waals surface area contributed by atoms with Crippen LogP contribution in [0.3, 0.4) is 0 Å². The molecule has 0 spiro atoms. The Morgan fingerprint density at radius 2 is 1.46 bits per heavy atom. The maximum absolute atomic E-state index is 12.3. The molecule has 0 unspecified atom stereocenters. The van der Waals surface area contributed by atoms with Gasteiger partial charge in [0.15, 0.2) is 0 Å². The van der Waals surface area contributed by atoms with Gasteiger partial charge in [-0.25, -0.2) is 4.79 Å². The SMILES string of the molecule is C[C@@H](C[C@H](Cc1ccccc1)NC(=O)OC(C)(C)C)[C@@H](N)Cc1ccccc1. The van der Waals surface area contributed by atoms with Crippen molar-refractivity contribution in [1.29, 1.82) is 0 Å². The van der Waals surface area contributed by atoms with Crippen LogP contribution in [0, 0.1) is 5.92 Å². The molecule has 2 rings (SSSR count). The Kier molecular flexibility index (Phi) is 8.06. The summed E-state index contributed by atoms with van der Waals surface area (Å²) in [5.74, 6) is 0.254. The minimum Gasteiger partial charge on any atom is -0.444 e. The van der Waals surface area contributed by atoms with Crippen molar-refractivity contribution in [3.8, 4) is 0 Å². The number of benzene rings is 2. The number of alkyl carbamates (subject to hydrolysis) is 1. The van der Waals surface area contributed by atoms with E-state index in [9.17, 15) is 4.79 Å². The van der Waals surface area contributed by atoms with Crippen LogP contribution in [0.1, 0.15) is 45.2 Å². The first kappa shape index (κ1) is 22.0. The zero-order valence-corrected chi connectivity index (χ0v) is 17.5. The van der Waals surface area contributed by atoms with E-state index < -0.39 is 5.60 Å². The summed E-state index contributed by atoms with van der Waals surface area (Å²) in [7, 11) is 0. The molecule has 0 saturated heterocycles. The lowest BCUT2D eigenvalue weighted by atomic mass is 9.88. The van der Waals surface area contributed by atoms with Crippen LogP contribution in [0.2, 0.25) is 0 Å². The molecule has 3 N–H and O–H groups in total. The van der Waals surface area contributed by atoms with Crippen LogP contribution in [0.5, 0.6) is 0 Å². The van der Waals surface area contributed by atoms with Gasteiger partial charge >= 0.3 is 6.09 Å². The van der Waals surface area contributed by atoms with Crippen LogP contribution < -0.4 is 11.1 Å². The quantitative estimate of drug-likeness (QED) is 0.694. The van der Waals surface area contributed by atoms with Crippen molar-refractivity contribution in [3.05, 3.63) is 71.8 Å². The average Bonchev–Trinajstić information content (AvgIpc) is 2.61. The van der Waals surface area contributed by atoms with Gasteiger partial charge in [0.2, 0.25) is 0 Å². The van der Waals surface area contributed by atoms with Gasteiger partial charge in [0.1, 0.15) is 5.60 Å². The molecule has 4 heteroatoms. The second-order valence-corrected chi connectivity index (χ2v) is 8.60. The molecule has 0 fully saturated rings. The zero-order chi connectivity index (χ0) is 20.6. The number of carbonyl (C=O) groups is 1. The van der Waals surface area contributed by atoms with Crippen molar-refractivity contribution in [1.82, 2.24) is 5.32 Å². The average molecular weight is 383 g/mol. The fourth-order valence-corrected chi connectivity index (χ4v) is 3.28. The number of hydrogen-bond donors (Lipinski definition) is 2. The van der Waals surface area contributed by atoms with E-state index in [2.05, 4.69) is 36.5 Å². The molecule has 0 aliphatic rings. The maximum atomic E-state index is 12.3. The normalized spacial score (nSPS) is 14.8. The lowest BCUT2D eigenvalue weighted by Crippen LogP contribution is -2.43. The highest BCUT2D eigenvalue weighted by atomic mass is 16.6. The molecule has 0 bridgehead atoms. The molecule has 3 atom stereocenters. The van der Waals surface area contributed by atoms with Crippen molar-refractivity contribution in [2.24, 2.45) is 11.7 Å². The van der Waals surface area contributed by atoms with Gasteiger partial charge in [-0.15, -0.1) is 0 Å². The van der Waals surface area contributed by atoms with Crippen LogP contribution in [-0.2, 0) is 17.6 Å². The molecule has 1 amide bonds. The van der Waals surface area contributed by atoms with E-state index in [-0.39, 0.29) is 24.1 Å². The summed E-state index contributed by atoms with van der Waals surface area (Å²) in [6.07, 6.45) is 1.99. The third-order valence-corrected chi connectivity index (χ3v) is 4.75. The first-order chi connectivity index (χ1) is 13.2. The predicted molar refractivity (Wildman–Crippen MR) is 115 cm³/mol. The number of carbonyl (C=O) groups excluding carboxylic acids is 1. The molecule has 0 saturated carbocycles. The number of rotatable bonds is 8. The third kappa shape index (κ3) is 8.13. The van der Waals surface area contributed by atoms with Crippen LogP contribution in [0.15, 0.2) is 60.7 Å².